The summed E-state index contributed by atoms with van der Waals surface area (Å²) in [6.07, 6.45) is 2.63. The van der Waals surface area contributed by atoms with Gasteiger partial charge in [-0.15, -0.1) is 0 Å². The van der Waals surface area contributed by atoms with Crippen molar-refractivity contribution in [3.63, 3.8) is 0 Å². The van der Waals surface area contributed by atoms with E-state index in [9.17, 15) is 0 Å². The Morgan fingerprint density at radius 1 is 1.33 bits per heavy atom. The van der Waals surface area contributed by atoms with E-state index >= 15 is 0 Å². The van der Waals surface area contributed by atoms with Gasteiger partial charge in [-0.1, -0.05) is 30.3 Å². The molecule has 112 valence electrons. The molecule has 1 aromatic carbocycles. The zero-order chi connectivity index (χ0) is 14.7. The first-order chi connectivity index (χ1) is 10.2. The maximum absolute atomic E-state index is 5.68. The van der Waals surface area contributed by atoms with Crippen LogP contribution in [0.4, 0.5) is 5.95 Å². The fourth-order valence-corrected chi connectivity index (χ4v) is 2.87. The summed E-state index contributed by atoms with van der Waals surface area (Å²) in [4.78, 5) is 4.32. The Kier molecular flexibility index (Phi) is 3.92. The summed E-state index contributed by atoms with van der Waals surface area (Å²) in [6, 6.07) is 10.9. The number of rotatable bonds is 5. The van der Waals surface area contributed by atoms with Crippen molar-refractivity contribution in [3.05, 3.63) is 42.2 Å². The van der Waals surface area contributed by atoms with Crippen molar-refractivity contribution in [3.8, 4) is 0 Å². The molecule has 1 aromatic heterocycles. The van der Waals surface area contributed by atoms with Crippen LogP contribution >= 0.6 is 0 Å². The Morgan fingerprint density at radius 3 is 2.81 bits per heavy atom. The van der Waals surface area contributed by atoms with E-state index in [1.165, 1.54) is 5.56 Å². The molecule has 0 spiro atoms. The van der Waals surface area contributed by atoms with Crippen molar-refractivity contribution in [1.29, 1.82) is 0 Å². The van der Waals surface area contributed by atoms with Gasteiger partial charge in [0, 0.05) is 18.6 Å². The lowest BCUT2D eigenvalue weighted by Crippen LogP contribution is -2.35. The molecule has 1 aliphatic rings. The summed E-state index contributed by atoms with van der Waals surface area (Å²) >= 11 is 0. The van der Waals surface area contributed by atoms with Crippen molar-refractivity contribution in [2.45, 2.75) is 31.7 Å². The second kappa shape index (κ2) is 5.85. The molecule has 0 radical (unpaired) electrons. The first-order valence-electron chi connectivity index (χ1n) is 7.48. The summed E-state index contributed by atoms with van der Waals surface area (Å²) < 4.78 is 7.59. The maximum Gasteiger partial charge on any atom is 0.221 e. The second-order valence-electron chi connectivity index (χ2n) is 5.92. The van der Waals surface area contributed by atoms with Crippen molar-refractivity contribution in [1.82, 2.24) is 14.8 Å². The van der Waals surface area contributed by atoms with Crippen LogP contribution in [-0.2, 0) is 10.2 Å². The Hall–Kier alpha value is -1.88. The van der Waals surface area contributed by atoms with Crippen molar-refractivity contribution in [2.75, 3.05) is 25.1 Å². The van der Waals surface area contributed by atoms with E-state index < -0.39 is 0 Å². The molecule has 1 aliphatic heterocycles. The van der Waals surface area contributed by atoms with Crippen molar-refractivity contribution >= 4 is 5.95 Å². The number of hydrogen-bond donors (Lipinski definition) is 1. The average molecular weight is 286 g/mol. The lowest BCUT2D eigenvalue weighted by atomic mass is 9.80. The molecule has 2 aromatic rings. The van der Waals surface area contributed by atoms with Crippen molar-refractivity contribution < 1.29 is 4.74 Å². The molecule has 1 atom stereocenters. The summed E-state index contributed by atoms with van der Waals surface area (Å²) in [5.74, 6) is 0.826. The molecular formula is C16H22N4O. The quantitative estimate of drug-likeness (QED) is 0.918. The number of ether oxygens (including phenoxy) is 1. The number of nitrogens with zero attached hydrogens (tertiary/aromatic N) is 3. The van der Waals surface area contributed by atoms with E-state index in [1.54, 1.807) is 6.33 Å². The van der Waals surface area contributed by atoms with E-state index in [0.29, 0.717) is 6.04 Å². The SMILES string of the molecule is CC(C)n1ncnc1NCC1(c2ccccc2)CCOC1. The zero-order valence-electron chi connectivity index (χ0n) is 12.6. The zero-order valence-corrected chi connectivity index (χ0v) is 12.6. The van der Waals surface area contributed by atoms with Crippen LogP contribution in [0.25, 0.3) is 0 Å². The fourth-order valence-electron chi connectivity index (χ4n) is 2.87. The van der Waals surface area contributed by atoms with Gasteiger partial charge in [-0.05, 0) is 25.8 Å². The molecule has 1 N–H and O–H groups in total. The second-order valence-corrected chi connectivity index (χ2v) is 5.92. The van der Waals surface area contributed by atoms with Crippen LogP contribution in [0.5, 0.6) is 0 Å². The minimum absolute atomic E-state index is 0.0228. The summed E-state index contributed by atoms with van der Waals surface area (Å²) in [5, 5.41) is 7.73. The summed E-state index contributed by atoms with van der Waals surface area (Å²) in [7, 11) is 0. The lowest BCUT2D eigenvalue weighted by Gasteiger charge is -2.28. The number of anilines is 1. The van der Waals surface area contributed by atoms with E-state index in [2.05, 4.69) is 59.6 Å². The van der Waals surface area contributed by atoms with Gasteiger partial charge < -0.3 is 10.1 Å². The van der Waals surface area contributed by atoms with Gasteiger partial charge in [0.1, 0.15) is 6.33 Å². The average Bonchev–Trinajstić information content (AvgIpc) is 3.16. The highest BCUT2D eigenvalue weighted by atomic mass is 16.5. The Morgan fingerprint density at radius 2 is 2.14 bits per heavy atom. The van der Waals surface area contributed by atoms with Crippen LogP contribution in [0.2, 0.25) is 0 Å². The smallest absolute Gasteiger partial charge is 0.221 e. The fraction of sp³-hybridized carbons (Fsp3) is 0.500. The van der Waals surface area contributed by atoms with Gasteiger partial charge in [0.15, 0.2) is 0 Å². The van der Waals surface area contributed by atoms with Crippen LogP contribution in [-0.4, -0.2) is 34.5 Å². The van der Waals surface area contributed by atoms with Gasteiger partial charge in [0.2, 0.25) is 5.95 Å². The van der Waals surface area contributed by atoms with Crippen LogP contribution in [0.3, 0.4) is 0 Å². The normalized spacial score (nSPS) is 21.9. The Balaban J connectivity index is 1.79. The molecule has 5 heteroatoms. The molecule has 2 heterocycles. The topological polar surface area (TPSA) is 52.0 Å². The van der Waals surface area contributed by atoms with Gasteiger partial charge in [-0.25, -0.2) is 4.68 Å². The highest BCUT2D eigenvalue weighted by Crippen LogP contribution is 2.33. The Labute approximate surface area is 125 Å². The molecule has 1 fully saturated rings. The molecule has 1 unspecified atom stereocenters. The van der Waals surface area contributed by atoms with Crippen LogP contribution in [0, 0.1) is 0 Å². The largest absolute Gasteiger partial charge is 0.380 e. The third kappa shape index (κ3) is 2.78. The number of aromatic nitrogens is 3. The van der Waals surface area contributed by atoms with Gasteiger partial charge in [0.05, 0.1) is 12.6 Å². The van der Waals surface area contributed by atoms with Gasteiger partial charge in [0.25, 0.3) is 0 Å². The standard InChI is InChI=1S/C16H22N4O/c1-13(2)20-15(18-12-19-20)17-10-16(8-9-21-11-16)14-6-4-3-5-7-14/h3-7,12-13H,8-11H2,1-2H3,(H,17,18,19). The molecule has 0 bridgehead atoms. The molecule has 0 amide bonds. The maximum atomic E-state index is 5.68. The molecule has 3 rings (SSSR count). The summed E-state index contributed by atoms with van der Waals surface area (Å²) in [5.41, 5.74) is 1.35. The number of benzene rings is 1. The van der Waals surface area contributed by atoms with E-state index in [-0.39, 0.29) is 5.41 Å². The predicted octanol–water partition coefficient (Wildman–Crippen LogP) is 2.63. The highest BCUT2D eigenvalue weighted by molar-refractivity contribution is 5.32. The summed E-state index contributed by atoms with van der Waals surface area (Å²) in [6.45, 7) is 6.58. The predicted molar refractivity (Wildman–Crippen MR) is 82.5 cm³/mol. The molecule has 1 saturated heterocycles. The number of nitrogens with one attached hydrogen (secondary N) is 1. The molecule has 0 saturated carbocycles. The first-order valence-corrected chi connectivity index (χ1v) is 7.48. The molecule has 21 heavy (non-hydrogen) atoms. The minimum atomic E-state index is 0.0228. The van der Waals surface area contributed by atoms with Crippen LogP contribution in [0.15, 0.2) is 36.7 Å². The molecular weight excluding hydrogens is 264 g/mol. The van der Waals surface area contributed by atoms with Crippen molar-refractivity contribution in [2.24, 2.45) is 0 Å². The van der Waals surface area contributed by atoms with Gasteiger partial charge >= 0.3 is 0 Å². The van der Waals surface area contributed by atoms with E-state index in [0.717, 1.165) is 32.1 Å². The molecule has 0 aliphatic carbocycles. The Bertz CT molecular complexity index is 573. The molecule has 5 nitrogen and oxygen atoms in total. The number of hydrogen-bond acceptors (Lipinski definition) is 4. The van der Waals surface area contributed by atoms with E-state index in [1.807, 2.05) is 4.68 Å². The third-order valence-electron chi connectivity index (χ3n) is 4.14. The first kappa shape index (κ1) is 14.1. The van der Waals surface area contributed by atoms with Crippen LogP contribution in [0.1, 0.15) is 31.9 Å². The van der Waals surface area contributed by atoms with Gasteiger partial charge in [-0.3, -0.25) is 0 Å². The van der Waals surface area contributed by atoms with Crippen LogP contribution < -0.4 is 5.32 Å². The minimum Gasteiger partial charge on any atom is -0.380 e. The van der Waals surface area contributed by atoms with E-state index in [4.69, 9.17) is 4.74 Å². The van der Waals surface area contributed by atoms with Gasteiger partial charge in [-0.2, -0.15) is 10.1 Å². The monoisotopic (exact) mass is 286 g/mol. The highest BCUT2D eigenvalue weighted by Gasteiger charge is 2.36. The lowest BCUT2D eigenvalue weighted by molar-refractivity contribution is 0.179. The third-order valence-corrected chi connectivity index (χ3v) is 4.14.